The minimum absolute atomic E-state index is 0.0645. The lowest BCUT2D eigenvalue weighted by Gasteiger charge is -2.12. The molecule has 0 fully saturated rings. The number of carbonyl (C=O) groups excluding carboxylic acids is 2. The summed E-state index contributed by atoms with van der Waals surface area (Å²) in [4.78, 5) is 33.6. The molecule has 0 atom stereocenters. The zero-order valence-corrected chi connectivity index (χ0v) is 19.7. The lowest BCUT2D eigenvalue weighted by molar-refractivity contribution is -0.117. The number of carbonyl (C=O) groups is 2. The summed E-state index contributed by atoms with van der Waals surface area (Å²) in [5.74, 6) is 0.783. The van der Waals surface area contributed by atoms with E-state index in [1.165, 1.54) is 0 Å². The van der Waals surface area contributed by atoms with Gasteiger partial charge in [0.05, 0.1) is 17.1 Å². The molecular formula is C28H28N4O3. The molecule has 1 heterocycles. The maximum Gasteiger partial charge on any atom is 0.267 e. The number of aromatic nitrogens is 2. The molecule has 3 aromatic carbocycles. The third-order valence-electron chi connectivity index (χ3n) is 5.18. The highest BCUT2D eigenvalue weighted by Crippen LogP contribution is 2.16. The monoisotopic (exact) mass is 468 g/mol. The molecule has 178 valence electrons. The first-order valence-electron chi connectivity index (χ1n) is 11.5. The first-order chi connectivity index (χ1) is 17.0. The molecule has 3 N–H and O–H groups in total. The molecule has 0 saturated heterocycles. The van der Waals surface area contributed by atoms with Gasteiger partial charge in [-0.15, -0.1) is 0 Å². The van der Waals surface area contributed by atoms with Gasteiger partial charge in [-0.2, -0.15) is 0 Å². The fraction of sp³-hybridized carbons (Fsp3) is 0.179. The number of nitrogens with zero attached hydrogens (tertiary/aromatic N) is 1. The van der Waals surface area contributed by atoms with E-state index in [0.717, 1.165) is 28.2 Å². The highest BCUT2D eigenvalue weighted by molar-refractivity contribution is 6.05. The number of imidazole rings is 1. The van der Waals surface area contributed by atoms with Gasteiger partial charge in [-0.3, -0.25) is 9.59 Å². The number of benzene rings is 3. The van der Waals surface area contributed by atoms with Crippen LogP contribution in [0.15, 0.2) is 84.6 Å². The average molecular weight is 469 g/mol. The van der Waals surface area contributed by atoms with Crippen LogP contribution >= 0.6 is 0 Å². The van der Waals surface area contributed by atoms with Crippen molar-refractivity contribution in [3.8, 4) is 5.75 Å². The minimum Gasteiger partial charge on any atom is -0.491 e. The molecule has 0 unspecified atom stereocenters. The number of hydrogen-bond donors (Lipinski definition) is 3. The lowest BCUT2D eigenvalue weighted by Crippen LogP contribution is -2.35. The third-order valence-corrected chi connectivity index (χ3v) is 5.18. The van der Waals surface area contributed by atoms with Crippen molar-refractivity contribution in [3.05, 3.63) is 102 Å². The molecule has 4 aromatic rings. The fourth-order valence-electron chi connectivity index (χ4n) is 3.54. The van der Waals surface area contributed by atoms with Crippen molar-refractivity contribution < 1.29 is 14.3 Å². The number of rotatable bonds is 9. The highest BCUT2D eigenvalue weighted by atomic mass is 16.5. The van der Waals surface area contributed by atoms with Gasteiger partial charge in [-0.25, -0.2) is 4.98 Å². The van der Waals surface area contributed by atoms with Crippen molar-refractivity contribution in [1.29, 1.82) is 0 Å². The van der Waals surface area contributed by atoms with Gasteiger partial charge >= 0.3 is 0 Å². The van der Waals surface area contributed by atoms with Crippen molar-refractivity contribution in [2.24, 2.45) is 0 Å². The van der Waals surface area contributed by atoms with E-state index in [9.17, 15) is 9.59 Å². The zero-order valence-electron chi connectivity index (χ0n) is 19.7. The van der Waals surface area contributed by atoms with Crippen LogP contribution in [0.1, 0.15) is 35.6 Å². The van der Waals surface area contributed by atoms with Crippen LogP contribution in [0.2, 0.25) is 0 Å². The normalized spacial score (nSPS) is 11.5. The fourth-order valence-corrected chi connectivity index (χ4v) is 3.54. The molecule has 4 rings (SSSR count). The number of H-pyrrole nitrogens is 1. The molecule has 7 heteroatoms. The maximum absolute atomic E-state index is 13.0. The maximum atomic E-state index is 13.0. The summed E-state index contributed by atoms with van der Waals surface area (Å²) in [5.41, 5.74) is 3.22. The van der Waals surface area contributed by atoms with Gasteiger partial charge in [0.2, 0.25) is 0 Å². The smallest absolute Gasteiger partial charge is 0.267 e. The molecule has 0 bridgehead atoms. The predicted octanol–water partition coefficient (Wildman–Crippen LogP) is 4.48. The van der Waals surface area contributed by atoms with E-state index in [1.54, 1.807) is 30.3 Å². The molecule has 35 heavy (non-hydrogen) atoms. The molecule has 2 amide bonds. The Bertz CT molecular complexity index is 1290. The lowest BCUT2D eigenvalue weighted by atomic mass is 10.1. The Morgan fingerprint density at radius 2 is 1.69 bits per heavy atom. The number of ether oxygens (including phenoxy) is 1. The topological polar surface area (TPSA) is 96.1 Å². The standard InChI is InChI=1S/C28H28N4O3/c1-19(2)35-22-14-12-20(13-15-22)18-25(32-27(33)21-8-4-3-5-9-21)28(34)29-17-16-26-30-23-10-6-7-11-24(23)31-26/h3-15,18-19H,16-17H2,1-2H3,(H,29,34)(H,30,31)(H,32,33)/b25-18-. The first-order valence-corrected chi connectivity index (χ1v) is 11.5. The average Bonchev–Trinajstić information content (AvgIpc) is 3.27. The summed E-state index contributed by atoms with van der Waals surface area (Å²) >= 11 is 0. The second kappa shape index (κ2) is 11.2. The Morgan fingerprint density at radius 1 is 0.971 bits per heavy atom. The van der Waals surface area contributed by atoms with Crippen LogP contribution in [0.25, 0.3) is 17.1 Å². The summed E-state index contributed by atoms with van der Waals surface area (Å²) in [6.07, 6.45) is 2.24. The molecule has 0 spiro atoms. The van der Waals surface area contributed by atoms with Gasteiger partial charge in [-0.05, 0) is 61.9 Å². The molecular weight excluding hydrogens is 440 g/mol. The summed E-state index contributed by atoms with van der Waals surface area (Å²) in [6, 6.07) is 23.9. The predicted molar refractivity (Wildman–Crippen MR) is 137 cm³/mol. The number of para-hydroxylation sites is 2. The largest absolute Gasteiger partial charge is 0.491 e. The molecule has 0 saturated carbocycles. The number of hydrogen-bond acceptors (Lipinski definition) is 4. The minimum atomic E-state index is -0.382. The summed E-state index contributed by atoms with van der Waals surface area (Å²) < 4.78 is 5.68. The summed E-state index contributed by atoms with van der Waals surface area (Å²) in [7, 11) is 0. The third kappa shape index (κ3) is 6.57. The van der Waals surface area contributed by atoms with Crippen LogP contribution in [-0.2, 0) is 11.2 Å². The Hall–Kier alpha value is -4.39. The second-order valence-corrected chi connectivity index (χ2v) is 8.32. The number of amides is 2. The van der Waals surface area contributed by atoms with Crippen molar-refractivity contribution >= 4 is 28.9 Å². The highest BCUT2D eigenvalue weighted by Gasteiger charge is 2.15. The van der Waals surface area contributed by atoms with Gasteiger partial charge in [-0.1, -0.05) is 42.5 Å². The second-order valence-electron chi connectivity index (χ2n) is 8.32. The Labute approximate surface area is 204 Å². The molecule has 0 aliphatic heterocycles. The van der Waals surface area contributed by atoms with Crippen LogP contribution in [0.5, 0.6) is 5.75 Å². The molecule has 7 nitrogen and oxygen atoms in total. The van der Waals surface area contributed by atoms with Crippen molar-refractivity contribution in [2.45, 2.75) is 26.4 Å². The number of aromatic amines is 1. The summed E-state index contributed by atoms with van der Waals surface area (Å²) in [5, 5.41) is 5.64. The Balaban J connectivity index is 1.47. The summed E-state index contributed by atoms with van der Waals surface area (Å²) in [6.45, 7) is 4.28. The Morgan fingerprint density at radius 3 is 2.40 bits per heavy atom. The quantitative estimate of drug-likeness (QED) is 0.316. The van der Waals surface area contributed by atoms with Crippen molar-refractivity contribution in [3.63, 3.8) is 0 Å². The molecule has 1 aromatic heterocycles. The van der Waals surface area contributed by atoms with E-state index in [2.05, 4.69) is 20.6 Å². The van der Waals surface area contributed by atoms with Crippen LogP contribution in [0, 0.1) is 0 Å². The van der Waals surface area contributed by atoms with E-state index < -0.39 is 0 Å². The van der Waals surface area contributed by atoms with Crippen LogP contribution in [-0.4, -0.2) is 34.4 Å². The van der Waals surface area contributed by atoms with Crippen molar-refractivity contribution in [2.75, 3.05) is 6.54 Å². The van der Waals surface area contributed by atoms with Gasteiger partial charge < -0.3 is 20.4 Å². The van der Waals surface area contributed by atoms with Crippen LogP contribution in [0.4, 0.5) is 0 Å². The van der Waals surface area contributed by atoms with E-state index >= 15 is 0 Å². The van der Waals surface area contributed by atoms with Gasteiger partial charge in [0.1, 0.15) is 17.3 Å². The van der Waals surface area contributed by atoms with E-state index in [1.807, 2.05) is 68.4 Å². The van der Waals surface area contributed by atoms with Crippen molar-refractivity contribution in [1.82, 2.24) is 20.6 Å². The SMILES string of the molecule is CC(C)Oc1ccc(/C=C(\NC(=O)c2ccccc2)C(=O)NCCc2nc3ccccc3[nH]2)cc1. The number of nitrogens with one attached hydrogen (secondary N) is 3. The Kier molecular flexibility index (Phi) is 7.57. The van der Waals surface area contributed by atoms with Gasteiger partial charge in [0.25, 0.3) is 11.8 Å². The van der Waals surface area contributed by atoms with Gasteiger partial charge in [0.15, 0.2) is 0 Å². The van der Waals surface area contributed by atoms with Gasteiger partial charge in [0, 0.05) is 18.5 Å². The molecule has 0 radical (unpaired) electrons. The molecule has 0 aliphatic rings. The number of fused-ring (bicyclic) bond motifs is 1. The molecule has 0 aliphatic carbocycles. The van der Waals surface area contributed by atoms with E-state index in [4.69, 9.17) is 4.74 Å². The van der Waals surface area contributed by atoms with E-state index in [0.29, 0.717) is 18.5 Å². The van der Waals surface area contributed by atoms with Crippen LogP contribution < -0.4 is 15.4 Å². The van der Waals surface area contributed by atoms with E-state index in [-0.39, 0.29) is 23.6 Å². The zero-order chi connectivity index (χ0) is 24.6. The van der Waals surface area contributed by atoms with Crippen LogP contribution in [0.3, 0.4) is 0 Å². The first kappa shape index (κ1) is 23.8.